The second-order valence-electron chi connectivity index (χ2n) is 6.44. The predicted octanol–water partition coefficient (Wildman–Crippen LogP) is 4.23. The van der Waals surface area contributed by atoms with Crippen LogP contribution in [0.25, 0.3) is 16.7 Å². The number of methoxy groups -OCH3 is 1. The second kappa shape index (κ2) is 7.44. The van der Waals surface area contributed by atoms with E-state index in [1.54, 1.807) is 23.9 Å². The maximum atomic E-state index is 12.1. The van der Waals surface area contributed by atoms with Crippen LogP contribution < -0.4 is 15.8 Å². The van der Waals surface area contributed by atoms with Gasteiger partial charge in [0, 0.05) is 23.0 Å². The molecule has 2 aromatic heterocycles. The van der Waals surface area contributed by atoms with Gasteiger partial charge in [0.15, 0.2) is 5.65 Å². The lowest BCUT2D eigenvalue weighted by molar-refractivity contribution is 0.100. The molecule has 146 valence electrons. The summed E-state index contributed by atoms with van der Waals surface area (Å²) in [5.41, 5.74) is 9.22. The molecule has 0 fully saturated rings. The molecule has 4 rings (SSSR count). The Bertz CT molecular complexity index is 1240. The van der Waals surface area contributed by atoms with E-state index in [0.717, 1.165) is 11.4 Å². The number of anilines is 2. The first-order chi connectivity index (χ1) is 14.0. The lowest BCUT2D eigenvalue weighted by Gasteiger charge is -2.13. The summed E-state index contributed by atoms with van der Waals surface area (Å²) in [4.78, 5) is 16.5. The average molecular weight is 408 g/mol. The first-order valence-electron chi connectivity index (χ1n) is 8.83. The first-order valence-corrected chi connectivity index (χ1v) is 9.21. The van der Waals surface area contributed by atoms with Crippen molar-refractivity contribution in [2.75, 3.05) is 12.4 Å². The summed E-state index contributed by atoms with van der Waals surface area (Å²) in [6.45, 7) is 1.85. The number of amides is 1. The predicted molar refractivity (Wildman–Crippen MR) is 113 cm³/mol. The van der Waals surface area contributed by atoms with E-state index in [9.17, 15) is 4.79 Å². The van der Waals surface area contributed by atoms with Gasteiger partial charge in [-0.1, -0.05) is 23.7 Å². The van der Waals surface area contributed by atoms with E-state index in [0.29, 0.717) is 33.2 Å². The van der Waals surface area contributed by atoms with Gasteiger partial charge in [0.05, 0.1) is 35.1 Å². The number of hydrogen-bond acceptors (Lipinski definition) is 5. The molecule has 7 nitrogen and oxygen atoms in total. The lowest BCUT2D eigenvalue weighted by atomic mass is 10.1. The number of aromatic nitrogens is 3. The van der Waals surface area contributed by atoms with Crippen molar-refractivity contribution in [2.24, 2.45) is 5.73 Å². The third-order valence-electron chi connectivity index (χ3n) is 4.53. The van der Waals surface area contributed by atoms with Crippen molar-refractivity contribution in [1.82, 2.24) is 14.8 Å². The number of carbonyl (C=O) groups is 1. The molecule has 0 aliphatic rings. The van der Waals surface area contributed by atoms with Crippen LogP contribution in [0, 0.1) is 6.92 Å². The van der Waals surface area contributed by atoms with Crippen LogP contribution in [-0.4, -0.2) is 27.8 Å². The van der Waals surface area contributed by atoms with Crippen molar-refractivity contribution < 1.29 is 9.53 Å². The van der Waals surface area contributed by atoms with E-state index >= 15 is 0 Å². The van der Waals surface area contributed by atoms with Crippen molar-refractivity contribution in [3.8, 4) is 11.4 Å². The van der Waals surface area contributed by atoms with Crippen molar-refractivity contribution in [1.29, 1.82) is 0 Å². The highest BCUT2D eigenvalue weighted by Gasteiger charge is 2.20. The van der Waals surface area contributed by atoms with Gasteiger partial charge in [-0.05, 0) is 37.3 Å². The second-order valence-corrected chi connectivity index (χ2v) is 6.88. The van der Waals surface area contributed by atoms with E-state index in [-0.39, 0.29) is 5.56 Å². The maximum absolute atomic E-state index is 12.1. The van der Waals surface area contributed by atoms with Crippen LogP contribution in [0.1, 0.15) is 16.1 Å². The molecule has 0 aliphatic heterocycles. The Morgan fingerprint density at radius 3 is 2.72 bits per heavy atom. The Balaban J connectivity index is 1.94. The van der Waals surface area contributed by atoms with Crippen LogP contribution in [0.4, 0.5) is 11.4 Å². The van der Waals surface area contributed by atoms with Crippen LogP contribution in [0.2, 0.25) is 5.02 Å². The Labute approximate surface area is 172 Å². The van der Waals surface area contributed by atoms with Gasteiger partial charge in [-0.2, -0.15) is 5.10 Å². The van der Waals surface area contributed by atoms with E-state index in [1.807, 2.05) is 43.3 Å². The van der Waals surface area contributed by atoms with Crippen LogP contribution in [0.5, 0.6) is 5.75 Å². The van der Waals surface area contributed by atoms with Gasteiger partial charge in [-0.3, -0.25) is 4.79 Å². The minimum Gasteiger partial charge on any atom is -0.497 e. The lowest BCUT2D eigenvalue weighted by Crippen LogP contribution is -2.14. The molecule has 29 heavy (non-hydrogen) atoms. The van der Waals surface area contributed by atoms with E-state index in [2.05, 4.69) is 15.4 Å². The fourth-order valence-corrected chi connectivity index (χ4v) is 3.39. The maximum Gasteiger partial charge on any atom is 0.252 e. The van der Waals surface area contributed by atoms with Crippen molar-refractivity contribution in [3.05, 3.63) is 71.0 Å². The number of primary amides is 1. The van der Waals surface area contributed by atoms with Gasteiger partial charge >= 0.3 is 0 Å². The highest BCUT2D eigenvalue weighted by molar-refractivity contribution is 6.30. The number of benzene rings is 2. The largest absolute Gasteiger partial charge is 0.497 e. The summed E-state index contributed by atoms with van der Waals surface area (Å²) in [6, 6.07) is 14.7. The molecule has 8 heteroatoms. The quantitative estimate of drug-likeness (QED) is 0.516. The van der Waals surface area contributed by atoms with Gasteiger partial charge in [0.2, 0.25) is 0 Å². The van der Waals surface area contributed by atoms with E-state index in [1.165, 1.54) is 6.20 Å². The van der Waals surface area contributed by atoms with Gasteiger partial charge in [-0.25, -0.2) is 9.67 Å². The van der Waals surface area contributed by atoms with Crippen molar-refractivity contribution in [3.63, 3.8) is 0 Å². The number of halogens is 1. The summed E-state index contributed by atoms with van der Waals surface area (Å²) in [6.07, 6.45) is 1.45. The number of nitrogens with one attached hydrogen (secondary N) is 1. The molecule has 0 radical (unpaired) electrons. The van der Waals surface area contributed by atoms with Crippen LogP contribution >= 0.6 is 11.6 Å². The fourth-order valence-electron chi connectivity index (χ4n) is 3.20. The smallest absolute Gasteiger partial charge is 0.252 e. The number of fused-ring (bicyclic) bond motifs is 1. The van der Waals surface area contributed by atoms with E-state index in [4.69, 9.17) is 22.1 Å². The molecule has 0 spiro atoms. The summed E-state index contributed by atoms with van der Waals surface area (Å²) < 4.78 is 6.97. The summed E-state index contributed by atoms with van der Waals surface area (Å²) >= 11 is 6.14. The number of rotatable bonds is 5. The van der Waals surface area contributed by atoms with Gasteiger partial charge in [0.25, 0.3) is 5.91 Å². The number of aryl methyl sites for hydroxylation is 1. The van der Waals surface area contributed by atoms with Gasteiger partial charge < -0.3 is 15.8 Å². The van der Waals surface area contributed by atoms with Crippen molar-refractivity contribution in [2.45, 2.75) is 6.92 Å². The van der Waals surface area contributed by atoms with Crippen molar-refractivity contribution >= 4 is 39.9 Å². The molecule has 3 N–H and O–H groups in total. The van der Waals surface area contributed by atoms with Gasteiger partial charge in [-0.15, -0.1) is 0 Å². The monoisotopic (exact) mass is 407 g/mol. The molecule has 0 aliphatic carbocycles. The van der Waals surface area contributed by atoms with E-state index < -0.39 is 5.91 Å². The highest BCUT2D eigenvalue weighted by Crippen LogP contribution is 2.33. The topological polar surface area (TPSA) is 95.1 Å². The fraction of sp³-hybridized carbons (Fsp3) is 0.0952. The summed E-state index contributed by atoms with van der Waals surface area (Å²) in [7, 11) is 1.60. The molecule has 2 aromatic carbocycles. The third kappa shape index (κ3) is 3.48. The number of nitrogens with two attached hydrogens (primary N) is 1. The average Bonchev–Trinajstić information content (AvgIpc) is 3.05. The number of ether oxygens (including phenoxy) is 1. The Morgan fingerprint density at radius 1 is 1.21 bits per heavy atom. The Morgan fingerprint density at radius 2 is 2.00 bits per heavy atom. The molecule has 0 unspecified atom stereocenters. The number of nitrogens with zero attached hydrogens (tertiary/aromatic N) is 3. The Hall–Kier alpha value is -3.58. The number of hydrogen-bond donors (Lipinski definition) is 2. The first kappa shape index (κ1) is 18.8. The molecule has 1 amide bonds. The minimum absolute atomic E-state index is 0.272. The third-order valence-corrected chi connectivity index (χ3v) is 4.76. The number of pyridine rings is 1. The standard InChI is InChI=1S/C21H18ClN5O2/c1-12-18-19(25-14-6-4-8-16(10-14)29-2)17(20(23)28)11-24-21(18)27(26-12)15-7-3-5-13(22)9-15/h3-11H,1-2H3,(H2,23,28)(H,24,25). The molecule has 0 bridgehead atoms. The van der Waals surface area contributed by atoms with Crippen LogP contribution in [0.3, 0.4) is 0 Å². The molecular weight excluding hydrogens is 390 g/mol. The molecular formula is C21H18ClN5O2. The normalized spacial score (nSPS) is 10.9. The summed E-state index contributed by atoms with van der Waals surface area (Å²) in [5.74, 6) is 0.104. The SMILES string of the molecule is COc1cccc(Nc2c(C(N)=O)cnc3c2c(C)nn3-c2cccc(Cl)c2)c1. The Kier molecular flexibility index (Phi) is 4.82. The van der Waals surface area contributed by atoms with Gasteiger partial charge in [0.1, 0.15) is 5.75 Å². The number of carbonyl (C=O) groups excluding carboxylic acids is 1. The minimum atomic E-state index is -0.584. The summed E-state index contributed by atoms with van der Waals surface area (Å²) in [5, 5.41) is 9.19. The molecule has 2 heterocycles. The molecule has 0 saturated heterocycles. The van der Waals surface area contributed by atoms with Crippen LogP contribution in [-0.2, 0) is 0 Å². The highest BCUT2D eigenvalue weighted by atomic mass is 35.5. The van der Waals surface area contributed by atoms with Crippen LogP contribution in [0.15, 0.2) is 54.7 Å². The zero-order valence-electron chi connectivity index (χ0n) is 15.8. The molecule has 4 aromatic rings. The zero-order valence-corrected chi connectivity index (χ0v) is 16.6. The molecule has 0 atom stereocenters. The molecule has 0 saturated carbocycles. The zero-order chi connectivity index (χ0) is 20.5.